The molecule has 1 aromatic heterocycles. The van der Waals surface area contributed by atoms with Crippen molar-refractivity contribution in [2.45, 2.75) is 18.9 Å². The number of aromatic nitrogens is 1. The van der Waals surface area contributed by atoms with Crippen LogP contribution in [0.15, 0.2) is 10.7 Å². The Kier molecular flexibility index (Phi) is 1.06. The van der Waals surface area contributed by atoms with Crippen molar-refractivity contribution >= 4 is 11.8 Å². The van der Waals surface area contributed by atoms with Crippen LogP contribution in [0.25, 0.3) is 0 Å². The lowest BCUT2D eigenvalue weighted by Crippen LogP contribution is -2.00. The highest BCUT2D eigenvalue weighted by molar-refractivity contribution is 5.34. The fourth-order valence-electron chi connectivity index (χ4n) is 0.755. The van der Waals surface area contributed by atoms with Crippen LogP contribution in [0.1, 0.15) is 12.8 Å². The van der Waals surface area contributed by atoms with Gasteiger partial charge in [0.2, 0.25) is 0 Å². The number of oxazole rings is 1. The van der Waals surface area contributed by atoms with Crippen molar-refractivity contribution in [2.24, 2.45) is 0 Å². The zero-order valence-electron chi connectivity index (χ0n) is 5.50. The molecule has 4 nitrogen and oxygen atoms in total. The number of nitrogens with two attached hydrogens (primary N) is 1. The van der Waals surface area contributed by atoms with Crippen molar-refractivity contribution in [1.82, 2.24) is 4.98 Å². The highest BCUT2D eigenvalue weighted by Crippen LogP contribution is 2.24. The molecule has 0 aromatic carbocycles. The Labute approximate surface area is 58.4 Å². The van der Waals surface area contributed by atoms with E-state index in [0.717, 1.165) is 0 Å². The summed E-state index contributed by atoms with van der Waals surface area (Å²) in [6.45, 7) is 0. The number of nitrogens with zero attached hydrogens (tertiary/aromatic N) is 1. The molecule has 54 valence electrons. The predicted molar refractivity (Wildman–Crippen MR) is 37.6 cm³/mol. The minimum atomic E-state index is 0.433. The molecule has 1 aliphatic rings. The Hall–Kier alpha value is -1.19. The average molecular weight is 139 g/mol. The first-order valence-electron chi connectivity index (χ1n) is 3.32. The second kappa shape index (κ2) is 1.90. The molecule has 0 spiro atoms. The van der Waals surface area contributed by atoms with Gasteiger partial charge >= 0.3 is 0 Å². The molecule has 10 heavy (non-hydrogen) atoms. The van der Waals surface area contributed by atoms with Crippen molar-refractivity contribution in [1.29, 1.82) is 0 Å². The zero-order chi connectivity index (χ0) is 6.97. The molecule has 1 aliphatic carbocycles. The van der Waals surface area contributed by atoms with Gasteiger partial charge in [0.05, 0.1) is 0 Å². The summed E-state index contributed by atoms with van der Waals surface area (Å²) in [6.07, 6.45) is 3.86. The van der Waals surface area contributed by atoms with Gasteiger partial charge < -0.3 is 15.5 Å². The van der Waals surface area contributed by atoms with Crippen LogP contribution in [-0.2, 0) is 0 Å². The van der Waals surface area contributed by atoms with E-state index in [1.165, 1.54) is 19.1 Å². The maximum Gasteiger partial charge on any atom is 0.296 e. The summed E-state index contributed by atoms with van der Waals surface area (Å²) < 4.78 is 4.97. The number of anilines is 2. The van der Waals surface area contributed by atoms with E-state index < -0.39 is 0 Å². The molecular formula is C6H9N3O. The van der Waals surface area contributed by atoms with Crippen LogP contribution in [0, 0.1) is 0 Å². The Bertz CT molecular complexity index is 229. The molecule has 0 bridgehead atoms. The zero-order valence-corrected chi connectivity index (χ0v) is 5.50. The van der Waals surface area contributed by atoms with E-state index in [0.29, 0.717) is 17.9 Å². The lowest BCUT2D eigenvalue weighted by molar-refractivity contribution is 0.571. The molecule has 4 heteroatoms. The molecule has 0 unspecified atom stereocenters. The van der Waals surface area contributed by atoms with Crippen LogP contribution >= 0.6 is 0 Å². The predicted octanol–water partition coefficient (Wildman–Crippen LogP) is 0.831. The molecule has 3 N–H and O–H groups in total. The summed E-state index contributed by atoms with van der Waals surface area (Å²) in [5.74, 6) is 0.433. The van der Waals surface area contributed by atoms with Crippen LogP contribution < -0.4 is 11.1 Å². The standard InChI is InChI=1S/C6H9N3O/c7-5-3-10-6(9-5)8-4-1-2-4/h3-4H,1-2,7H2,(H,8,9). The molecular weight excluding hydrogens is 130 g/mol. The van der Waals surface area contributed by atoms with Gasteiger partial charge in [-0.2, -0.15) is 4.98 Å². The maximum atomic E-state index is 5.33. The summed E-state index contributed by atoms with van der Waals surface area (Å²) in [6, 6.07) is 1.11. The van der Waals surface area contributed by atoms with Crippen LogP contribution in [-0.4, -0.2) is 11.0 Å². The molecule has 1 heterocycles. The monoisotopic (exact) mass is 139 g/mol. The van der Waals surface area contributed by atoms with Gasteiger partial charge in [-0.15, -0.1) is 0 Å². The second-order valence-electron chi connectivity index (χ2n) is 2.50. The van der Waals surface area contributed by atoms with Crippen molar-refractivity contribution in [3.8, 4) is 0 Å². The number of rotatable bonds is 2. The number of nitrogens with one attached hydrogen (secondary N) is 1. The molecule has 0 saturated heterocycles. The Morgan fingerprint density at radius 3 is 3.00 bits per heavy atom. The molecule has 0 radical (unpaired) electrons. The molecule has 0 atom stereocenters. The highest BCUT2D eigenvalue weighted by atomic mass is 16.4. The van der Waals surface area contributed by atoms with Crippen LogP contribution in [0.2, 0.25) is 0 Å². The fourth-order valence-corrected chi connectivity index (χ4v) is 0.755. The van der Waals surface area contributed by atoms with Gasteiger partial charge in [0.25, 0.3) is 6.01 Å². The van der Waals surface area contributed by atoms with Crippen molar-refractivity contribution in [3.05, 3.63) is 6.26 Å². The number of nitrogen functional groups attached to an aromatic ring is 1. The molecule has 0 amide bonds. The van der Waals surface area contributed by atoms with Gasteiger partial charge in [-0.25, -0.2) is 0 Å². The third kappa shape index (κ3) is 1.05. The van der Waals surface area contributed by atoms with E-state index in [1.807, 2.05) is 0 Å². The quantitative estimate of drug-likeness (QED) is 0.637. The van der Waals surface area contributed by atoms with E-state index in [1.54, 1.807) is 0 Å². The fraction of sp³-hybridized carbons (Fsp3) is 0.500. The summed E-state index contributed by atoms with van der Waals surface area (Å²) in [7, 11) is 0. The lowest BCUT2D eigenvalue weighted by atomic mass is 10.7. The first kappa shape index (κ1) is 5.58. The van der Waals surface area contributed by atoms with Crippen molar-refractivity contribution in [2.75, 3.05) is 11.1 Å². The lowest BCUT2D eigenvalue weighted by Gasteiger charge is -1.93. The molecule has 1 fully saturated rings. The number of hydrogen-bond acceptors (Lipinski definition) is 4. The highest BCUT2D eigenvalue weighted by Gasteiger charge is 2.22. The summed E-state index contributed by atoms with van der Waals surface area (Å²) in [4.78, 5) is 3.89. The van der Waals surface area contributed by atoms with Crippen LogP contribution in [0.5, 0.6) is 0 Å². The first-order chi connectivity index (χ1) is 4.84. The Morgan fingerprint density at radius 2 is 2.50 bits per heavy atom. The Balaban J connectivity index is 2.03. The third-order valence-corrected chi connectivity index (χ3v) is 1.43. The molecule has 2 rings (SSSR count). The topological polar surface area (TPSA) is 64.1 Å². The smallest absolute Gasteiger partial charge is 0.296 e. The Morgan fingerprint density at radius 1 is 1.70 bits per heavy atom. The summed E-state index contributed by atoms with van der Waals surface area (Å²) >= 11 is 0. The first-order valence-corrected chi connectivity index (χ1v) is 3.32. The van der Waals surface area contributed by atoms with Gasteiger partial charge in [0.15, 0.2) is 5.82 Å². The van der Waals surface area contributed by atoms with Gasteiger partial charge in [-0.05, 0) is 12.8 Å². The third-order valence-electron chi connectivity index (χ3n) is 1.43. The van der Waals surface area contributed by atoms with Gasteiger partial charge in [-0.3, -0.25) is 0 Å². The van der Waals surface area contributed by atoms with E-state index in [2.05, 4.69) is 10.3 Å². The molecule has 1 saturated carbocycles. The van der Waals surface area contributed by atoms with Gasteiger partial charge in [-0.1, -0.05) is 0 Å². The largest absolute Gasteiger partial charge is 0.430 e. The normalized spacial score (nSPS) is 17.2. The van der Waals surface area contributed by atoms with Crippen LogP contribution in [0.3, 0.4) is 0 Å². The van der Waals surface area contributed by atoms with E-state index in [-0.39, 0.29) is 0 Å². The van der Waals surface area contributed by atoms with E-state index in [9.17, 15) is 0 Å². The molecule has 1 aromatic rings. The van der Waals surface area contributed by atoms with E-state index in [4.69, 9.17) is 10.2 Å². The number of hydrogen-bond donors (Lipinski definition) is 2. The average Bonchev–Trinajstić information content (AvgIpc) is 2.59. The maximum absolute atomic E-state index is 5.33. The van der Waals surface area contributed by atoms with Crippen LogP contribution in [0.4, 0.5) is 11.8 Å². The second-order valence-corrected chi connectivity index (χ2v) is 2.50. The van der Waals surface area contributed by atoms with Crippen molar-refractivity contribution < 1.29 is 4.42 Å². The summed E-state index contributed by atoms with van der Waals surface area (Å²) in [5.41, 5.74) is 5.33. The van der Waals surface area contributed by atoms with Gasteiger partial charge in [0, 0.05) is 6.04 Å². The van der Waals surface area contributed by atoms with Crippen molar-refractivity contribution in [3.63, 3.8) is 0 Å². The SMILES string of the molecule is Nc1coc(NC2CC2)n1. The van der Waals surface area contributed by atoms with Gasteiger partial charge in [0.1, 0.15) is 6.26 Å². The minimum absolute atomic E-state index is 0.433. The molecule has 0 aliphatic heterocycles. The summed E-state index contributed by atoms with van der Waals surface area (Å²) in [5, 5.41) is 3.08. The minimum Gasteiger partial charge on any atom is -0.430 e. The van der Waals surface area contributed by atoms with E-state index >= 15 is 0 Å².